The molecule has 5 nitrogen and oxygen atoms in total. The molecule has 0 aliphatic rings. The zero-order valence-corrected chi connectivity index (χ0v) is 10.9. The van der Waals surface area contributed by atoms with Gasteiger partial charge in [0.25, 0.3) is 0 Å². The van der Waals surface area contributed by atoms with Crippen LogP contribution in [0, 0.1) is 5.92 Å². The highest BCUT2D eigenvalue weighted by molar-refractivity contribution is 5.88. The van der Waals surface area contributed by atoms with Crippen LogP contribution in [-0.2, 0) is 6.42 Å². The average molecular weight is 260 g/mol. The molecule has 0 saturated carbocycles. The normalized spacial score (nSPS) is 10.9. The Morgan fingerprint density at radius 3 is 2.63 bits per heavy atom. The van der Waals surface area contributed by atoms with Gasteiger partial charge in [-0.15, -0.1) is 0 Å². The van der Waals surface area contributed by atoms with E-state index in [0.717, 1.165) is 0 Å². The van der Waals surface area contributed by atoms with Crippen LogP contribution >= 0.6 is 0 Å². The van der Waals surface area contributed by atoms with Crippen molar-refractivity contribution in [1.29, 1.82) is 0 Å². The van der Waals surface area contributed by atoms with Crippen molar-refractivity contribution < 1.29 is 15.0 Å². The summed E-state index contributed by atoms with van der Waals surface area (Å²) in [6.07, 6.45) is 1.91. The van der Waals surface area contributed by atoms with Crippen LogP contribution in [0.25, 0.3) is 5.69 Å². The van der Waals surface area contributed by atoms with Gasteiger partial charge in [0.2, 0.25) is 0 Å². The van der Waals surface area contributed by atoms with Crippen LogP contribution in [0.5, 0.6) is 5.75 Å². The van der Waals surface area contributed by atoms with Crippen molar-refractivity contribution in [3.05, 3.63) is 41.7 Å². The quantitative estimate of drug-likeness (QED) is 0.885. The third-order valence-electron chi connectivity index (χ3n) is 2.81. The Kier molecular flexibility index (Phi) is 3.55. The lowest BCUT2D eigenvalue weighted by Gasteiger charge is -2.11. The highest BCUT2D eigenvalue weighted by Crippen LogP contribution is 2.24. The molecule has 2 N–H and O–H groups in total. The number of phenolic OH excluding ortho intramolecular Hbond substituents is 1. The van der Waals surface area contributed by atoms with Crippen molar-refractivity contribution in [3.8, 4) is 11.4 Å². The van der Waals surface area contributed by atoms with Gasteiger partial charge in [-0.2, -0.15) is 5.10 Å². The maximum Gasteiger partial charge on any atom is 0.339 e. The van der Waals surface area contributed by atoms with E-state index < -0.39 is 5.97 Å². The topological polar surface area (TPSA) is 75.3 Å². The number of carboxylic acids is 1. The van der Waals surface area contributed by atoms with Gasteiger partial charge in [0, 0.05) is 0 Å². The highest BCUT2D eigenvalue weighted by Gasteiger charge is 2.19. The summed E-state index contributed by atoms with van der Waals surface area (Å²) in [5, 5.41) is 23.2. The Bertz CT molecular complexity index is 602. The molecule has 0 bridgehead atoms. The van der Waals surface area contributed by atoms with Crippen LogP contribution in [0.4, 0.5) is 0 Å². The zero-order chi connectivity index (χ0) is 14.0. The van der Waals surface area contributed by atoms with Gasteiger partial charge in [-0.25, -0.2) is 9.48 Å². The summed E-state index contributed by atoms with van der Waals surface area (Å²) in [6.45, 7) is 4.02. The van der Waals surface area contributed by atoms with Crippen LogP contribution in [0.3, 0.4) is 0 Å². The highest BCUT2D eigenvalue weighted by atomic mass is 16.4. The molecule has 0 radical (unpaired) electrons. The number of carbonyl (C=O) groups is 1. The van der Waals surface area contributed by atoms with Gasteiger partial charge in [0.15, 0.2) is 0 Å². The largest absolute Gasteiger partial charge is 0.506 e. The van der Waals surface area contributed by atoms with E-state index in [1.807, 2.05) is 13.8 Å². The van der Waals surface area contributed by atoms with Gasteiger partial charge in [-0.3, -0.25) is 0 Å². The summed E-state index contributed by atoms with van der Waals surface area (Å²) in [5.74, 6) is -0.635. The predicted octanol–water partition coefficient (Wildman–Crippen LogP) is 2.47. The summed E-state index contributed by atoms with van der Waals surface area (Å²) < 4.78 is 1.50. The van der Waals surface area contributed by atoms with E-state index in [1.165, 1.54) is 10.9 Å². The Labute approximate surface area is 111 Å². The van der Waals surface area contributed by atoms with Gasteiger partial charge in [0.05, 0.1) is 11.9 Å². The molecule has 0 atom stereocenters. The standard InChI is InChI=1S/C14H16N2O3/c1-9(2)7-12-10(14(18)19)8-15-16(12)11-5-3-4-6-13(11)17/h3-6,8-9,17H,7H2,1-2H3,(H,18,19). The van der Waals surface area contributed by atoms with Crippen LogP contribution in [-0.4, -0.2) is 26.0 Å². The molecule has 0 saturated heterocycles. The fourth-order valence-electron chi connectivity index (χ4n) is 1.99. The molecule has 100 valence electrons. The molecular weight excluding hydrogens is 244 g/mol. The number of phenols is 1. The smallest absolute Gasteiger partial charge is 0.339 e. The summed E-state index contributed by atoms with van der Waals surface area (Å²) in [6, 6.07) is 6.74. The number of aromatic hydroxyl groups is 1. The van der Waals surface area contributed by atoms with E-state index in [9.17, 15) is 15.0 Å². The summed E-state index contributed by atoms with van der Waals surface area (Å²) in [4.78, 5) is 11.2. The van der Waals surface area contributed by atoms with Crippen molar-refractivity contribution in [1.82, 2.24) is 9.78 Å². The van der Waals surface area contributed by atoms with Crippen LogP contribution in [0.1, 0.15) is 29.9 Å². The first kappa shape index (κ1) is 13.1. The summed E-state index contributed by atoms with van der Waals surface area (Å²) in [5.41, 5.74) is 1.27. The first-order chi connectivity index (χ1) is 9.00. The van der Waals surface area contributed by atoms with Gasteiger partial charge in [-0.1, -0.05) is 26.0 Å². The monoisotopic (exact) mass is 260 g/mol. The predicted molar refractivity (Wildman–Crippen MR) is 70.7 cm³/mol. The molecule has 0 unspecified atom stereocenters. The van der Waals surface area contributed by atoms with E-state index >= 15 is 0 Å². The van der Waals surface area contributed by atoms with Crippen molar-refractivity contribution in [2.75, 3.05) is 0 Å². The summed E-state index contributed by atoms with van der Waals surface area (Å²) >= 11 is 0. The lowest BCUT2D eigenvalue weighted by molar-refractivity contribution is 0.0695. The lowest BCUT2D eigenvalue weighted by Crippen LogP contribution is -2.09. The van der Waals surface area contributed by atoms with E-state index in [0.29, 0.717) is 23.7 Å². The first-order valence-electron chi connectivity index (χ1n) is 6.09. The van der Waals surface area contributed by atoms with Crippen LogP contribution < -0.4 is 0 Å². The Morgan fingerprint density at radius 1 is 1.37 bits per heavy atom. The lowest BCUT2D eigenvalue weighted by atomic mass is 10.0. The molecule has 2 rings (SSSR count). The Balaban J connectivity index is 2.58. The third kappa shape index (κ3) is 2.59. The Morgan fingerprint density at radius 2 is 2.05 bits per heavy atom. The van der Waals surface area contributed by atoms with Gasteiger partial charge in [0.1, 0.15) is 17.0 Å². The number of carboxylic acid groups (broad SMARTS) is 1. The maximum absolute atomic E-state index is 11.2. The molecule has 5 heteroatoms. The van der Waals surface area contributed by atoms with E-state index in [2.05, 4.69) is 5.10 Å². The second kappa shape index (κ2) is 5.14. The number of hydrogen-bond acceptors (Lipinski definition) is 3. The summed E-state index contributed by atoms with van der Waals surface area (Å²) in [7, 11) is 0. The number of rotatable bonds is 4. The fraction of sp³-hybridized carbons (Fsp3) is 0.286. The van der Waals surface area contributed by atoms with E-state index in [4.69, 9.17) is 0 Å². The number of aromatic carboxylic acids is 1. The van der Waals surface area contributed by atoms with Gasteiger partial charge in [-0.05, 0) is 24.5 Å². The second-order valence-corrected chi connectivity index (χ2v) is 4.81. The minimum absolute atomic E-state index is 0.0764. The molecular formula is C14H16N2O3. The zero-order valence-electron chi connectivity index (χ0n) is 10.9. The third-order valence-corrected chi connectivity index (χ3v) is 2.81. The maximum atomic E-state index is 11.2. The minimum atomic E-state index is -1.00. The second-order valence-electron chi connectivity index (χ2n) is 4.81. The molecule has 0 spiro atoms. The van der Waals surface area contributed by atoms with Gasteiger partial charge < -0.3 is 10.2 Å². The molecule has 19 heavy (non-hydrogen) atoms. The minimum Gasteiger partial charge on any atom is -0.506 e. The number of aromatic nitrogens is 2. The number of para-hydroxylation sites is 2. The van der Waals surface area contributed by atoms with Gasteiger partial charge >= 0.3 is 5.97 Å². The van der Waals surface area contributed by atoms with E-state index in [-0.39, 0.29) is 11.3 Å². The average Bonchev–Trinajstić information content (AvgIpc) is 2.72. The molecule has 2 aromatic rings. The Hall–Kier alpha value is -2.30. The van der Waals surface area contributed by atoms with E-state index in [1.54, 1.807) is 24.3 Å². The molecule has 1 heterocycles. The van der Waals surface area contributed by atoms with Crippen molar-refractivity contribution in [2.45, 2.75) is 20.3 Å². The first-order valence-corrected chi connectivity index (χ1v) is 6.09. The van der Waals surface area contributed by atoms with Crippen LogP contribution in [0.2, 0.25) is 0 Å². The number of benzene rings is 1. The molecule has 0 amide bonds. The number of hydrogen-bond donors (Lipinski definition) is 2. The molecule has 0 fully saturated rings. The van der Waals surface area contributed by atoms with Crippen molar-refractivity contribution >= 4 is 5.97 Å². The molecule has 1 aromatic heterocycles. The molecule has 1 aromatic carbocycles. The van der Waals surface area contributed by atoms with Crippen molar-refractivity contribution in [2.24, 2.45) is 5.92 Å². The van der Waals surface area contributed by atoms with Crippen LogP contribution in [0.15, 0.2) is 30.5 Å². The molecule has 0 aliphatic heterocycles. The number of nitrogens with zero attached hydrogens (tertiary/aromatic N) is 2. The fourth-order valence-corrected chi connectivity index (χ4v) is 1.99. The SMILES string of the molecule is CC(C)Cc1c(C(=O)O)cnn1-c1ccccc1O. The molecule has 0 aliphatic carbocycles. The van der Waals surface area contributed by atoms with Crippen molar-refractivity contribution in [3.63, 3.8) is 0 Å².